The Bertz CT molecular complexity index is 588. The molecule has 0 bridgehead atoms. The average Bonchev–Trinajstić information content (AvgIpc) is 2.86. The van der Waals surface area contributed by atoms with Crippen molar-refractivity contribution in [3.63, 3.8) is 0 Å². The van der Waals surface area contributed by atoms with Gasteiger partial charge in [-0.15, -0.1) is 0 Å². The molecule has 0 spiro atoms. The Morgan fingerprint density at radius 2 is 2.00 bits per heavy atom. The number of amides is 2. The molecule has 1 atom stereocenters. The molecular formula is C15H17FN2O4. The minimum Gasteiger partial charge on any atom is -0.480 e. The molecule has 118 valence electrons. The van der Waals surface area contributed by atoms with E-state index < -0.39 is 30.2 Å². The predicted octanol–water partition coefficient (Wildman–Crippen LogP) is 1.11. The molecule has 1 aromatic carbocycles. The lowest BCUT2D eigenvalue weighted by Crippen LogP contribution is -2.42. The summed E-state index contributed by atoms with van der Waals surface area (Å²) in [5.74, 6) is -3.23. The lowest BCUT2D eigenvalue weighted by Gasteiger charge is -2.22. The maximum Gasteiger partial charge on any atom is 0.323 e. The summed E-state index contributed by atoms with van der Waals surface area (Å²) < 4.78 is 12.9. The zero-order valence-electron chi connectivity index (χ0n) is 12.2. The normalized spacial score (nSPS) is 17.6. The van der Waals surface area contributed by atoms with Gasteiger partial charge in [0, 0.05) is 18.8 Å². The van der Waals surface area contributed by atoms with E-state index in [0.717, 1.165) is 4.90 Å². The highest BCUT2D eigenvalue weighted by Gasteiger charge is 2.39. The molecule has 6 nitrogen and oxygen atoms in total. The van der Waals surface area contributed by atoms with Crippen molar-refractivity contribution in [3.05, 3.63) is 30.1 Å². The minimum atomic E-state index is -1.11. The fraction of sp³-hybridized carbons (Fsp3) is 0.400. The second-order valence-corrected chi connectivity index (χ2v) is 5.05. The van der Waals surface area contributed by atoms with Gasteiger partial charge in [-0.05, 0) is 37.6 Å². The first-order valence-corrected chi connectivity index (χ1v) is 7.01. The minimum absolute atomic E-state index is 0.228. The molecule has 0 radical (unpaired) electrons. The SMILES string of the molecule is CCN(CC(=O)O)C(=O)C1CCN(c2ccc(F)cc2)C1=O. The topological polar surface area (TPSA) is 77.9 Å². The lowest BCUT2D eigenvalue weighted by molar-refractivity contribution is -0.147. The van der Waals surface area contributed by atoms with Crippen LogP contribution in [0.25, 0.3) is 0 Å². The summed E-state index contributed by atoms with van der Waals surface area (Å²) in [7, 11) is 0. The van der Waals surface area contributed by atoms with Crippen molar-refractivity contribution < 1.29 is 23.9 Å². The standard InChI is InChI=1S/C15H17FN2O4/c1-2-17(9-13(19)20)14(21)12-7-8-18(15(12)22)11-5-3-10(16)4-6-11/h3-6,12H,2,7-9H2,1H3,(H,19,20). The summed E-state index contributed by atoms with van der Waals surface area (Å²) in [6.45, 7) is 1.82. The summed E-state index contributed by atoms with van der Waals surface area (Å²) in [6.07, 6.45) is 0.325. The van der Waals surface area contributed by atoms with Gasteiger partial charge in [0.1, 0.15) is 18.3 Å². The highest BCUT2D eigenvalue weighted by atomic mass is 19.1. The monoisotopic (exact) mass is 308 g/mol. The Morgan fingerprint density at radius 3 is 2.55 bits per heavy atom. The number of likely N-dealkylation sites (N-methyl/N-ethyl adjacent to an activating group) is 1. The molecule has 22 heavy (non-hydrogen) atoms. The number of nitrogens with zero attached hydrogens (tertiary/aromatic N) is 2. The molecule has 7 heteroatoms. The van der Waals surface area contributed by atoms with Crippen molar-refractivity contribution in [3.8, 4) is 0 Å². The summed E-state index contributed by atoms with van der Waals surface area (Å²) in [6, 6.07) is 5.46. The third-order valence-electron chi connectivity index (χ3n) is 3.66. The van der Waals surface area contributed by atoms with Gasteiger partial charge < -0.3 is 14.9 Å². The molecule has 1 heterocycles. The Hall–Kier alpha value is -2.44. The van der Waals surface area contributed by atoms with Gasteiger partial charge in [-0.3, -0.25) is 14.4 Å². The van der Waals surface area contributed by atoms with Crippen molar-refractivity contribution >= 4 is 23.5 Å². The number of carbonyl (C=O) groups excluding carboxylic acids is 2. The van der Waals surface area contributed by atoms with Gasteiger partial charge >= 0.3 is 5.97 Å². The Morgan fingerprint density at radius 1 is 1.36 bits per heavy atom. The molecule has 0 aliphatic carbocycles. The van der Waals surface area contributed by atoms with Crippen LogP contribution in [0.4, 0.5) is 10.1 Å². The van der Waals surface area contributed by atoms with Gasteiger partial charge in [0.15, 0.2) is 0 Å². The van der Waals surface area contributed by atoms with E-state index in [1.165, 1.54) is 29.2 Å². The van der Waals surface area contributed by atoms with E-state index >= 15 is 0 Å². The molecule has 1 unspecified atom stereocenters. The summed E-state index contributed by atoms with van der Waals surface area (Å²) in [5, 5.41) is 8.80. The van der Waals surface area contributed by atoms with Crippen LogP contribution in [0.1, 0.15) is 13.3 Å². The third-order valence-corrected chi connectivity index (χ3v) is 3.66. The number of halogens is 1. The molecule has 2 amide bonds. The zero-order valence-corrected chi connectivity index (χ0v) is 12.2. The maximum atomic E-state index is 12.9. The van der Waals surface area contributed by atoms with Gasteiger partial charge in [-0.1, -0.05) is 0 Å². The number of rotatable bonds is 5. The van der Waals surface area contributed by atoms with E-state index in [-0.39, 0.29) is 12.5 Å². The van der Waals surface area contributed by atoms with Crippen molar-refractivity contribution in [1.82, 2.24) is 4.90 Å². The predicted molar refractivity (Wildman–Crippen MR) is 76.7 cm³/mol. The van der Waals surface area contributed by atoms with Crippen LogP contribution in [-0.2, 0) is 14.4 Å². The van der Waals surface area contributed by atoms with E-state index in [0.29, 0.717) is 18.7 Å². The molecule has 2 rings (SSSR count). The first kappa shape index (κ1) is 15.9. The Labute approximate surface area is 127 Å². The molecule has 1 fully saturated rings. The fourth-order valence-corrected chi connectivity index (χ4v) is 2.52. The molecule has 1 aliphatic rings. The van der Waals surface area contributed by atoms with Gasteiger partial charge in [0.25, 0.3) is 0 Å². The van der Waals surface area contributed by atoms with Gasteiger partial charge in [-0.2, -0.15) is 0 Å². The second-order valence-electron chi connectivity index (χ2n) is 5.05. The maximum absolute atomic E-state index is 12.9. The smallest absolute Gasteiger partial charge is 0.323 e. The van der Waals surface area contributed by atoms with Crippen LogP contribution < -0.4 is 4.90 Å². The van der Waals surface area contributed by atoms with Crippen LogP contribution in [0.5, 0.6) is 0 Å². The lowest BCUT2D eigenvalue weighted by atomic mass is 10.1. The molecule has 1 saturated heterocycles. The van der Waals surface area contributed by atoms with E-state index in [2.05, 4.69) is 0 Å². The largest absolute Gasteiger partial charge is 0.480 e. The van der Waals surface area contributed by atoms with Crippen LogP contribution >= 0.6 is 0 Å². The number of benzene rings is 1. The summed E-state index contributed by atoms with van der Waals surface area (Å²) >= 11 is 0. The highest BCUT2D eigenvalue weighted by Crippen LogP contribution is 2.26. The summed E-state index contributed by atoms with van der Waals surface area (Å²) in [4.78, 5) is 38.0. The van der Waals surface area contributed by atoms with Crippen LogP contribution in [0.3, 0.4) is 0 Å². The van der Waals surface area contributed by atoms with Crippen molar-refractivity contribution in [2.75, 3.05) is 24.5 Å². The first-order chi connectivity index (χ1) is 10.4. The fourth-order valence-electron chi connectivity index (χ4n) is 2.52. The molecular weight excluding hydrogens is 291 g/mol. The van der Waals surface area contributed by atoms with Crippen LogP contribution in [0, 0.1) is 11.7 Å². The van der Waals surface area contributed by atoms with E-state index in [1.54, 1.807) is 6.92 Å². The average molecular weight is 308 g/mol. The number of carbonyl (C=O) groups is 3. The molecule has 1 aliphatic heterocycles. The Kier molecular flexibility index (Phi) is 4.75. The number of hydrogen-bond donors (Lipinski definition) is 1. The van der Waals surface area contributed by atoms with Crippen molar-refractivity contribution in [2.24, 2.45) is 5.92 Å². The highest BCUT2D eigenvalue weighted by molar-refractivity contribution is 6.09. The Balaban J connectivity index is 2.11. The van der Waals surface area contributed by atoms with Crippen molar-refractivity contribution in [1.29, 1.82) is 0 Å². The first-order valence-electron chi connectivity index (χ1n) is 7.01. The van der Waals surface area contributed by atoms with Crippen LogP contribution in [-0.4, -0.2) is 47.4 Å². The van der Waals surface area contributed by atoms with Crippen molar-refractivity contribution in [2.45, 2.75) is 13.3 Å². The van der Waals surface area contributed by atoms with E-state index in [9.17, 15) is 18.8 Å². The van der Waals surface area contributed by atoms with Crippen LogP contribution in [0.2, 0.25) is 0 Å². The molecule has 0 aromatic heterocycles. The third kappa shape index (κ3) is 3.24. The molecule has 1 aromatic rings. The van der Waals surface area contributed by atoms with E-state index in [1.807, 2.05) is 0 Å². The zero-order chi connectivity index (χ0) is 16.3. The van der Waals surface area contributed by atoms with Gasteiger partial charge in [0.05, 0.1) is 0 Å². The number of aliphatic carboxylic acids is 1. The van der Waals surface area contributed by atoms with Crippen LogP contribution in [0.15, 0.2) is 24.3 Å². The van der Waals surface area contributed by atoms with Gasteiger partial charge in [0.2, 0.25) is 11.8 Å². The molecule has 1 N–H and O–H groups in total. The quantitative estimate of drug-likeness (QED) is 0.827. The molecule has 0 saturated carbocycles. The second kappa shape index (κ2) is 6.55. The van der Waals surface area contributed by atoms with E-state index in [4.69, 9.17) is 5.11 Å². The number of carboxylic acids is 1. The summed E-state index contributed by atoms with van der Waals surface area (Å²) in [5.41, 5.74) is 0.531. The van der Waals surface area contributed by atoms with Gasteiger partial charge in [-0.25, -0.2) is 4.39 Å². The number of hydrogen-bond acceptors (Lipinski definition) is 3. The number of carboxylic acid groups (broad SMARTS) is 1. The number of anilines is 1.